The molecule has 0 saturated carbocycles. The van der Waals surface area contributed by atoms with Crippen LogP contribution in [0.25, 0.3) is 0 Å². The van der Waals surface area contributed by atoms with E-state index in [4.69, 9.17) is 5.41 Å². The lowest BCUT2D eigenvalue weighted by molar-refractivity contribution is 0.551. The summed E-state index contributed by atoms with van der Waals surface area (Å²) >= 11 is 0. The summed E-state index contributed by atoms with van der Waals surface area (Å²) in [5.74, 6) is 0.366. The van der Waals surface area contributed by atoms with Gasteiger partial charge in [0.15, 0.2) is 0 Å². The first-order chi connectivity index (χ1) is 13.7. The van der Waals surface area contributed by atoms with Crippen molar-refractivity contribution in [2.24, 2.45) is 0 Å². The molecule has 2 N–H and O–H groups in total. The van der Waals surface area contributed by atoms with Crippen molar-refractivity contribution in [1.29, 1.82) is 5.41 Å². The van der Waals surface area contributed by atoms with Crippen LogP contribution in [-0.2, 0) is 12.8 Å². The first-order valence-corrected chi connectivity index (χ1v) is 10.8. The molecule has 0 spiro atoms. The van der Waals surface area contributed by atoms with Gasteiger partial charge in [0.2, 0.25) is 0 Å². The van der Waals surface area contributed by atoms with Crippen LogP contribution < -0.4 is 5.32 Å². The monoisotopic (exact) mass is 380 g/mol. The molecule has 28 heavy (non-hydrogen) atoms. The molecule has 1 atom stereocenters. The lowest BCUT2D eigenvalue weighted by Gasteiger charge is -2.21. The van der Waals surface area contributed by atoms with Crippen LogP contribution in [0.3, 0.4) is 0 Å². The summed E-state index contributed by atoms with van der Waals surface area (Å²) in [6.45, 7) is 4.38. The third-order valence-corrected chi connectivity index (χ3v) is 5.99. The normalized spacial score (nSPS) is 18.1. The van der Waals surface area contributed by atoms with Gasteiger partial charge in [-0.3, -0.25) is 0 Å². The highest BCUT2D eigenvalue weighted by molar-refractivity contribution is 5.80. The summed E-state index contributed by atoms with van der Waals surface area (Å²) in [7, 11) is 0. The maximum Gasteiger partial charge on any atom is 0.123 e. The van der Waals surface area contributed by atoms with E-state index in [-0.39, 0.29) is 5.82 Å². The van der Waals surface area contributed by atoms with Gasteiger partial charge >= 0.3 is 0 Å². The number of rotatable bonds is 6. The molecule has 0 radical (unpaired) electrons. The number of aryl methyl sites for hydroxylation is 3. The minimum absolute atomic E-state index is 0.180. The summed E-state index contributed by atoms with van der Waals surface area (Å²) in [5, 5.41) is 11.5. The number of hydrogen-bond donors (Lipinski definition) is 2. The van der Waals surface area contributed by atoms with Crippen LogP contribution in [0.4, 0.5) is 4.39 Å². The second kappa shape index (κ2) is 10.5. The van der Waals surface area contributed by atoms with E-state index >= 15 is 0 Å². The fourth-order valence-corrected chi connectivity index (χ4v) is 4.36. The Morgan fingerprint density at radius 2 is 1.86 bits per heavy atom. The van der Waals surface area contributed by atoms with E-state index in [1.165, 1.54) is 72.7 Å². The summed E-state index contributed by atoms with van der Waals surface area (Å²) in [4.78, 5) is 0. The maximum atomic E-state index is 13.0. The second-order valence-electron chi connectivity index (χ2n) is 8.14. The SMILES string of the molecule is Cc1cc(CCCc2ccc(F)cc2)c(C=N)cc1C1CCCCCCNC1. The first-order valence-electron chi connectivity index (χ1n) is 10.8. The minimum Gasteiger partial charge on any atom is -0.316 e. The number of benzene rings is 2. The molecule has 2 nitrogen and oxygen atoms in total. The molecule has 3 heteroatoms. The fourth-order valence-electron chi connectivity index (χ4n) is 4.36. The Morgan fingerprint density at radius 1 is 1.07 bits per heavy atom. The van der Waals surface area contributed by atoms with Crippen LogP contribution in [0, 0.1) is 18.2 Å². The molecule has 3 rings (SSSR count). The Hall–Kier alpha value is -2.00. The van der Waals surface area contributed by atoms with Gasteiger partial charge in [0, 0.05) is 12.8 Å². The average molecular weight is 381 g/mol. The molecule has 1 aliphatic rings. The molecule has 0 amide bonds. The second-order valence-corrected chi connectivity index (χ2v) is 8.14. The number of nitrogens with one attached hydrogen (secondary N) is 2. The molecule has 2 aromatic carbocycles. The highest BCUT2D eigenvalue weighted by Gasteiger charge is 2.17. The molecule has 0 aliphatic carbocycles. The molecule has 1 unspecified atom stereocenters. The summed E-state index contributed by atoms with van der Waals surface area (Å²) in [5.41, 5.74) is 6.25. The van der Waals surface area contributed by atoms with E-state index in [0.29, 0.717) is 5.92 Å². The average Bonchev–Trinajstić information content (AvgIpc) is 2.84. The molecule has 0 aromatic heterocycles. The predicted molar refractivity (Wildman–Crippen MR) is 116 cm³/mol. The highest BCUT2D eigenvalue weighted by atomic mass is 19.1. The molecule has 1 heterocycles. The molecule has 2 aromatic rings. The predicted octanol–water partition coefficient (Wildman–Crippen LogP) is 5.94. The summed E-state index contributed by atoms with van der Waals surface area (Å²) < 4.78 is 13.0. The first kappa shape index (κ1) is 20.7. The van der Waals surface area contributed by atoms with Gasteiger partial charge in [0.05, 0.1) is 0 Å². The topological polar surface area (TPSA) is 35.9 Å². The molecular weight excluding hydrogens is 347 g/mol. The summed E-state index contributed by atoms with van der Waals surface area (Å²) in [6, 6.07) is 11.4. The van der Waals surface area contributed by atoms with Crippen LogP contribution in [-0.4, -0.2) is 19.3 Å². The van der Waals surface area contributed by atoms with Gasteiger partial charge in [-0.25, -0.2) is 4.39 Å². The van der Waals surface area contributed by atoms with Crippen molar-refractivity contribution in [3.05, 3.63) is 70.0 Å². The van der Waals surface area contributed by atoms with Gasteiger partial charge < -0.3 is 10.7 Å². The Balaban J connectivity index is 1.69. The van der Waals surface area contributed by atoms with Gasteiger partial charge in [-0.2, -0.15) is 0 Å². The third-order valence-electron chi connectivity index (χ3n) is 5.99. The van der Waals surface area contributed by atoms with Crippen molar-refractivity contribution in [2.75, 3.05) is 13.1 Å². The van der Waals surface area contributed by atoms with Crippen molar-refractivity contribution < 1.29 is 4.39 Å². The van der Waals surface area contributed by atoms with E-state index < -0.39 is 0 Å². The Labute approximate surface area is 169 Å². The Bertz CT molecular complexity index is 757. The van der Waals surface area contributed by atoms with E-state index in [1.807, 2.05) is 12.1 Å². The van der Waals surface area contributed by atoms with Crippen LogP contribution in [0.2, 0.25) is 0 Å². The smallest absolute Gasteiger partial charge is 0.123 e. The van der Waals surface area contributed by atoms with E-state index in [0.717, 1.165) is 37.9 Å². The van der Waals surface area contributed by atoms with Gasteiger partial charge in [0.1, 0.15) is 5.82 Å². The van der Waals surface area contributed by atoms with Gasteiger partial charge in [-0.15, -0.1) is 0 Å². The van der Waals surface area contributed by atoms with Gasteiger partial charge in [-0.05, 0) is 97.5 Å². The van der Waals surface area contributed by atoms with E-state index in [9.17, 15) is 4.39 Å². The molecule has 1 saturated heterocycles. The van der Waals surface area contributed by atoms with E-state index in [1.54, 1.807) is 0 Å². The highest BCUT2D eigenvalue weighted by Crippen LogP contribution is 2.29. The van der Waals surface area contributed by atoms with Gasteiger partial charge in [0.25, 0.3) is 0 Å². The molecular formula is C25H33FN2. The minimum atomic E-state index is -0.180. The molecule has 150 valence electrons. The van der Waals surface area contributed by atoms with Crippen LogP contribution in [0.15, 0.2) is 36.4 Å². The molecule has 1 fully saturated rings. The Kier molecular flexibility index (Phi) is 7.79. The zero-order valence-corrected chi connectivity index (χ0v) is 17.1. The zero-order valence-electron chi connectivity index (χ0n) is 17.1. The van der Waals surface area contributed by atoms with Crippen molar-refractivity contribution in [3.63, 3.8) is 0 Å². The van der Waals surface area contributed by atoms with Crippen LogP contribution >= 0.6 is 0 Å². The van der Waals surface area contributed by atoms with Crippen molar-refractivity contribution >= 4 is 6.21 Å². The maximum absolute atomic E-state index is 13.0. The van der Waals surface area contributed by atoms with Crippen molar-refractivity contribution in [2.45, 2.75) is 64.2 Å². The molecule has 1 aliphatic heterocycles. The van der Waals surface area contributed by atoms with E-state index in [2.05, 4.69) is 24.4 Å². The molecule has 0 bridgehead atoms. The van der Waals surface area contributed by atoms with Crippen LogP contribution in [0.1, 0.15) is 72.3 Å². The lowest BCUT2D eigenvalue weighted by Crippen LogP contribution is -2.22. The third kappa shape index (κ3) is 5.75. The van der Waals surface area contributed by atoms with Crippen molar-refractivity contribution in [3.8, 4) is 0 Å². The quantitative estimate of drug-likeness (QED) is 0.597. The fraction of sp³-hybridized carbons (Fsp3) is 0.480. The van der Waals surface area contributed by atoms with Crippen molar-refractivity contribution in [1.82, 2.24) is 5.32 Å². The number of halogens is 1. The van der Waals surface area contributed by atoms with Crippen LogP contribution in [0.5, 0.6) is 0 Å². The number of hydrogen-bond acceptors (Lipinski definition) is 2. The largest absolute Gasteiger partial charge is 0.316 e. The van der Waals surface area contributed by atoms with Gasteiger partial charge in [-0.1, -0.05) is 37.5 Å². The Morgan fingerprint density at radius 3 is 2.64 bits per heavy atom. The summed E-state index contributed by atoms with van der Waals surface area (Å²) in [6.07, 6.45) is 10.9. The zero-order chi connectivity index (χ0) is 19.8. The lowest BCUT2D eigenvalue weighted by atomic mass is 9.86. The standard InChI is InChI=1S/C25H33FN2/c1-19-15-21(9-6-7-20-10-12-24(26)13-11-20)23(17-27)16-25(19)22-8-4-2-3-5-14-28-18-22/h10-13,15-17,22,27-28H,2-9,14,18H2,1H3.